The van der Waals surface area contributed by atoms with Gasteiger partial charge in [0, 0.05) is 27.2 Å². The Bertz CT molecular complexity index is 757. The molecule has 2 aromatic rings. The Balaban J connectivity index is 1.66. The average Bonchev–Trinajstić information content (AvgIpc) is 2.94. The number of nitrogens with one attached hydrogen (secondary N) is 2. The van der Waals surface area contributed by atoms with Crippen LogP contribution in [0.3, 0.4) is 0 Å². The third kappa shape index (κ3) is 5.41. The number of aromatic nitrogens is 4. The third-order valence-electron chi connectivity index (χ3n) is 3.02. The molecule has 0 amide bonds. The van der Waals surface area contributed by atoms with Crippen molar-refractivity contribution < 1.29 is 0 Å². The maximum Gasteiger partial charge on any atom is 0.202 e. The molecule has 0 aliphatic carbocycles. The number of aromatic amines is 2. The van der Waals surface area contributed by atoms with E-state index in [0.29, 0.717) is 0 Å². The van der Waals surface area contributed by atoms with Crippen molar-refractivity contribution in [2.75, 3.05) is 13.1 Å². The number of aryl methyl sites for hydroxylation is 2. The van der Waals surface area contributed by atoms with Gasteiger partial charge in [-0.05, 0) is 37.3 Å². The lowest BCUT2D eigenvalue weighted by atomic mass is 10.2. The molecule has 0 unspecified atom stereocenters. The Hall–Kier alpha value is -0.840. The number of rotatable bonds is 7. The number of nitrogens with zero attached hydrogens (tertiary/aromatic N) is 4. The van der Waals surface area contributed by atoms with Crippen molar-refractivity contribution in [3.05, 3.63) is 17.5 Å². The first kappa shape index (κ1) is 17.5. The van der Waals surface area contributed by atoms with Crippen molar-refractivity contribution in [1.82, 2.24) is 19.6 Å². The third-order valence-corrected chi connectivity index (χ3v) is 5.43. The van der Waals surface area contributed by atoms with Gasteiger partial charge in [0.1, 0.15) is 0 Å². The second-order valence-corrected chi connectivity index (χ2v) is 8.15. The number of hydrogen-bond donors (Lipinski definition) is 2. The van der Waals surface area contributed by atoms with E-state index in [0.717, 1.165) is 43.4 Å². The first-order chi connectivity index (χ1) is 10.6. The maximum atomic E-state index is 5.08. The lowest BCUT2D eigenvalue weighted by molar-refractivity contribution is 0.632. The van der Waals surface area contributed by atoms with Crippen LogP contribution in [0.4, 0.5) is 0 Å². The van der Waals surface area contributed by atoms with E-state index in [1.165, 1.54) is 35.5 Å². The quantitative estimate of drug-likeness (QED) is 0.576. The van der Waals surface area contributed by atoms with Crippen LogP contribution in [0.2, 0.25) is 0 Å². The van der Waals surface area contributed by atoms with Crippen molar-refractivity contribution >= 4 is 47.1 Å². The maximum absolute atomic E-state index is 5.08. The van der Waals surface area contributed by atoms with Crippen LogP contribution in [0.5, 0.6) is 0 Å². The second kappa shape index (κ2) is 8.70. The molecule has 0 saturated heterocycles. The minimum Gasteiger partial charge on any atom is -0.278 e. The van der Waals surface area contributed by atoms with Gasteiger partial charge in [0.2, 0.25) is 9.60 Å². The van der Waals surface area contributed by atoms with Gasteiger partial charge in [-0.15, -0.1) is 0 Å². The smallest absolute Gasteiger partial charge is 0.202 e. The van der Waals surface area contributed by atoms with Crippen LogP contribution < -0.4 is 9.60 Å². The topological polar surface area (TPSA) is 66.2 Å². The van der Waals surface area contributed by atoms with Crippen LogP contribution in [0.1, 0.15) is 25.7 Å². The SMILES string of the molecule is Cn1[nH]c(=S)sc1=NCCCCCCN=c1sc(=S)[nH]n1C. The van der Waals surface area contributed by atoms with E-state index in [1.807, 2.05) is 23.5 Å². The van der Waals surface area contributed by atoms with Crippen molar-refractivity contribution in [3.8, 4) is 0 Å². The van der Waals surface area contributed by atoms with Gasteiger partial charge in [-0.2, -0.15) is 0 Å². The summed E-state index contributed by atoms with van der Waals surface area (Å²) in [5.74, 6) is 0. The summed E-state index contributed by atoms with van der Waals surface area (Å²) in [4.78, 5) is 11.0. The van der Waals surface area contributed by atoms with Gasteiger partial charge < -0.3 is 0 Å². The molecule has 2 heterocycles. The standard InChI is InChI=1S/C12H20N6S4/c1-17-9(21-11(19)15-17)13-7-5-3-4-6-8-14-10-18(2)16-12(20)22-10/h3-8H2,1-2H3,(H,15,19)(H,16,20). The molecule has 0 aliphatic heterocycles. The predicted octanol–water partition coefficient (Wildman–Crippen LogP) is 2.66. The van der Waals surface area contributed by atoms with Crippen molar-refractivity contribution in [2.24, 2.45) is 24.1 Å². The molecule has 6 nitrogen and oxygen atoms in total. The predicted molar refractivity (Wildman–Crippen MR) is 96.3 cm³/mol. The molecule has 22 heavy (non-hydrogen) atoms. The van der Waals surface area contributed by atoms with Crippen molar-refractivity contribution in [2.45, 2.75) is 25.7 Å². The van der Waals surface area contributed by atoms with E-state index in [4.69, 9.17) is 24.4 Å². The van der Waals surface area contributed by atoms with E-state index in [2.05, 4.69) is 20.2 Å². The molecule has 122 valence electrons. The Morgan fingerprint density at radius 3 is 1.55 bits per heavy atom. The van der Waals surface area contributed by atoms with Crippen LogP contribution >= 0.6 is 47.1 Å². The zero-order chi connectivity index (χ0) is 15.9. The highest BCUT2D eigenvalue weighted by Gasteiger charge is 1.94. The molecular formula is C12H20N6S4. The Morgan fingerprint density at radius 2 is 1.23 bits per heavy atom. The van der Waals surface area contributed by atoms with Crippen molar-refractivity contribution in [1.29, 1.82) is 0 Å². The Morgan fingerprint density at radius 1 is 0.818 bits per heavy atom. The van der Waals surface area contributed by atoms with Crippen LogP contribution in [0.15, 0.2) is 9.98 Å². The van der Waals surface area contributed by atoms with E-state index < -0.39 is 0 Å². The lowest BCUT2D eigenvalue weighted by Gasteiger charge is -1.97. The monoisotopic (exact) mass is 376 g/mol. The molecule has 2 rings (SSSR count). The summed E-state index contributed by atoms with van der Waals surface area (Å²) >= 11 is 13.2. The minimum absolute atomic E-state index is 0.768. The summed E-state index contributed by atoms with van der Waals surface area (Å²) in [5, 5.41) is 6.06. The molecular weight excluding hydrogens is 356 g/mol. The zero-order valence-corrected chi connectivity index (χ0v) is 15.9. The number of hydrogen-bond acceptors (Lipinski definition) is 6. The molecule has 0 spiro atoms. The Labute approximate surface area is 146 Å². The molecule has 0 bridgehead atoms. The van der Waals surface area contributed by atoms with Crippen LogP contribution in [-0.4, -0.2) is 32.7 Å². The van der Waals surface area contributed by atoms with Gasteiger partial charge in [-0.3, -0.25) is 29.5 Å². The van der Waals surface area contributed by atoms with Gasteiger partial charge in [-0.25, -0.2) is 0 Å². The van der Waals surface area contributed by atoms with Crippen molar-refractivity contribution in [3.63, 3.8) is 0 Å². The van der Waals surface area contributed by atoms with Gasteiger partial charge >= 0.3 is 0 Å². The highest BCUT2D eigenvalue weighted by Crippen LogP contribution is 2.00. The fourth-order valence-corrected chi connectivity index (χ4v) is 4.02. The first-order valence-corrected chi connectivity index (χ1v) is 9.54. The lowest BCUT2D eigenvalue weighted by Crippen LogP contribution is -2.12. The summed E-state index contributed by atoms with van der Waals surface area (Å²) in [6, 6.07) is 0. The molecule has 2 aromatic heterocycles. The van der Waals surface area contributed by atoms with Crippen LogP contribution in [0, 0.1) is 7.91 Å². The minimum atomic E-state index is 0.768. The van der Waals surface area contributed by atoms with Crippen LogP contribution in [-0.2, 0) is 14.1 Å². The fourth-order valence-electron chi connectivity index (χ4n) is 1.92. The highest BCUT2D eigenvalue weighted by atomic mass is 32.2. The molecule has 0 fully saturated rings. The summed E-state index contributed by atoms with van der Waals surface area (Å²) < 4.78 is 5.28. The number of H-pyrrole nitrogens is 2. The van der Waals surface area contributed by atoms with Gasteiger partial charge in [-0.1, -0.05) is 35.5 Å². The van der Waals surface area contributed by atoms with E-state index in [1.54, 1.807) is 0 Å². The van der Waals surface area contributed by atoms with Gasteiger partial charge in [0.05, 0.1) is 0 Å². The molecule has 0 saturated carbocycles. The van der Waals surface area contributed by atoms with E-state index >= 15 is 0 Å². The average molecular weight is 377 g/mol. The zero-order valence-electron chi connectivity index (χ0n) is 12.7. The van der Waals surface area contributed by atoms with E-state index in [9.17, 15) is 0 Å². The molecule has 10 heteroatoms. The highest BCUT2D eigenvalue weighted by molar-refractivity contribution is 7.73. The summed E-state index contributed by atoms with van der Waals surface area (Å²) in [6.45, 7) is 1.70. The summed E-state index contributed by atoms with van der Waals surface area (Å²) in [5.41, 5.74) is 0. The molecule has 0 aromatic carbocycles. The first-order valence-electron chi connectivity index (χ1n) is 7.09. The molecule has 0 radical (unpaired) electrons. The molecule has 0 atom stereocenters. The summed E-state index contributed by atoms with van der Waals surface area (Å²) in [6.07, 6.45) is 4.55. The van der Waals surface area contributed by atoms with Crippen LogP contribution in [0.25, 0.3) is 0 Å². The van der Waals surface area contributed by atoms with E-state index in [-0.39, 0.29) is 0 Å². The molecule has 2 N–H and O–H groups in total. The fraction of sp³-hybridized carbons (Fsp3) is 0.667. The summed E-state index contributed by atoms with van der Waals surface area (Å²) in [7, 11) is 3.87. The molecule has 0 aliphatic rings. The second-order valence-electron chi connectivity index (χ2n) is 4.86. The number of unbranched alkanes of at least 4 members (excludes halogenated alkanes) is 3. The normalized spacial score (nSPS) is 13.2. The van der Waals surface area contributed by atoms with Gasteiger partial charge in [0.15, 0.2) is 7.91 Å². The van der Waals surface area contributed by atoms with Gasteiger partial charge in [0.25, 0.3) is 0 Å². The largest absolute Gasteiger partial charge is 0.278 e. The Kier molecular flexibility index (Phi) is 6.93.